The number of rotatable bonds is 4. The summed E-state index contributed by atoms with van der Waals surface area (Å²) in [4.78, 5) is 17.8. The van der Waals surface area contributed by atoms with E-state index in [2.05, 4.69) is 4.98 Å². The van der Waals surface area contributed by atoms with Crippen LogP contribution in [0.1, 0.15) is 20.9 Å². The number of carbonyl (C=O) groups excluding carboxylic acids is 1. The minimum Gasteiger partial charge on any atom is -0.378 e. The highest BCUT2D eigenvalue weighted by Gasteiger charge is 2.08. The lowest BCUT2D eigenvalue weighted by atomic mass is 10.1. The molecule has 1 aromatic carbocycles. The van der Waals surface area contributed by atoms with E-state index in [1.54, 1.807) is 6.08 Å². The van der Waals surface area contributed by atoms with Gasteiger partial charge in [0, 0.05) is 25.5 Å². The van der Waals surface area contributed by atoms with Crippen LogP contribution in [0.15, 0.2) is 30.3 Å². The van der Waals surface area contributed by atoms with E-state index in [4.69, 9.17) is 12.2 Å². The molecular formula is C15H16N2OS2. The molecule has 0 radical (unpaired) electrons. The maximum absolute atomic E-state index is 12.1. The minimum atomic E-state index is -0.0171. The Balaban J connectivity index is 2.15. The van der Waals surface area contributed by atoms with Crippen molar-refractivity contribution in [2.75, 3.05) is 19.0 Å². The molecule has 104 valence electrons. The Labute approximate surface area is 127 Å². The summed E-state index contributed by atoms with van der Waals surface area (Å²) in [7, 11) is 3.99. The fourth-order valence-electron chi connectivity index (χ4n) is 1.77. The first-order valence-corrected chi connectivity index (χ1v) is 7.39. The predicted octanol–water partition coefficient (Wildman–Crippen LogP) is 4.08. The molecular weight excluding hydrogens is 288 g/mol. The van der Waals surface area contributed by atoms with Gasteiger partial charge in [0.2, 0.25) is 0 Å². The van der Waals surface area contributed by atoms with Crippen molar-refractivity contribution in [1.82, 2.24) is 4.98 Å². The summed E-state index contributed by atoms with van der Waals surface area (Å²) >= 11 is 6.35. The molecule has 0 unspecified atom stereocenters. The molecule has 0 saturated carbocycles. The van der Waals surface area contributed by atoms with Gasteiger partial charge in [0.25, 0.3) is 0 Å². The number of H-pyrrole nitrogens is 1. The Kier molecular flexibility index (Phi) is 4.52. The van der Waals surface area contributed by atoms with Gasteiger partial charge in [-0.1, -0.05) is 18.2 Å². The highest BCUT2D eigenvalue weighted by atomic mass is 32.1. The lowest BCUT2D eigenvalue weighted by molar-refractivity contribution is 0.105. The molecule has 2 rings (SSSR count). The second-order valence-corrected chi connectivity index (χ2v) is 6.34. The number of hydrogen-bond donors (Lipinski definition) is 1. The van der Waals surface area contributed by atoms with E-state index in [-0.39, 0.29) is 5.78 Å². The number of nitrogens with zero attached hydrogens (tertiary/aromatic N) is 1. The Morgan fingerprint density at radius 2 is 1.95 bits per heavy atom. The number of aromatic nitrogens is 1. The lowest BCUT2D eigenvalue weighted by Gasteiger charge is -2.11. The number of aromatic amines is 1. The van der Waals surface area contributed by atoms with Crippen LogP contribution in [0.4, 0.5) is 5.69 Å². The van der Waals surface area contributed by atoms with E-state index >= 15 is 0 Å². The fourth-order valence-corrected chi connectivity index (χ4v) is 2.94. The van der Waals surface area contributed by atoms with Crippen molar-refractivity contribution in [3.05, 3.63) is 50.4 Å². The molecule has 5 heteroatoms. The third kappa shape index (κ3) is 3.43. The van der Waals surface area contributed by atoms with Crippen LogP contribution in [0.3, 0.4) is 0 Å². The summed E-state index contributed by atoms with van der Waals surface area (Å²) in [6.45, 7) is 1.86. The second kappa shape index (κ2) is 6.15. The third-order valence-electron chi connectivity index (χ3n) is 2.89. The largest absolute Gasteiger partial charge is 0.378 e. The van der Waals surface area contributed by atoms with Crippen LogP contribution in [0.5, 0.6) is 0 Å². The molecule has 0 spiro atoms. The van der Waals surface area contributed by atoms with Gasteiger partial charge >= 0.3 is 0 Å². The molecule has 0 saturated heterocycles. The van der Waals surface area contributed by atoms with Crippen molar-refractivity contribution in [1.29, 1.82) is 0 Å². The number of thiazole rings is 1. The van der Waals surface area contributed by atoms with Crippen LogP contribution in [-0.2, 0) is 0 Å². The van der Waals surface area contributed by atoms with E-state index in [0.29, 0.717) is 8.83 Å². The van der Waals surface area contributed by atoms with Crippen LogP contribution in [0, 0.1) is 10.9 Å². The van der Waals surface area contributed by atoms with Gasteiger partial charge in [-0.25, -0.2) is 0 Å². The Morgan fingerprint density at radius 3 is 2.45 bits per heavy atom. The highest BCUT2D eigenvalue weighted by Crippen LogP contribution is 2.17. The fraction of sp³-hybridized carbons (Fsp3) is 0.200. The number of aryl methyl sites for hydroxylation is 1. The first-order chi connectivity index (χ1) is 9.47. The van der Waals surface area contributed by atoms with Crippen LogP contribution < -0.4 is 4.90 Å². The highest BCUT2D eigenvalue weighted by molar-refractivity contribution is 7.73. The van der Waals surface area contributed by atoms with Crippen molar-refractivity contribution in [3.8, 4) is 0 Å². The van der Waals surface area contributed by atoms with Gasteiger partial charge in [-0.05, 0) is 42.9 Å². The Hall–Kier alpha value is -1.72. The zero-order chi connectivity index (χ0) is 14.7. The molecule has 20 heavy (non-hydrogen) atoms. The van der Waals surface area contributed by atoms with Gasteiger partial charge in [-0.15, -0.1) is 11.3 Å². The molecule has 1 heterocycles. The molecule has 0 bridgehead atoms. The number of anilines is 1. The SMILES string of the molecule is Cc1[nH]c(=S)sc1C(=O)/C=C/c1ccc(N(C)C)cc1. The second-order valence-electron chi connectivity index (χ2n) is 4.65. The Morgan fingerprint density at radius 1 is 1.30 bits per heavy atom. The van der Waals surface area contributed by atoms with Crippen LogP contribution in [0.25, 0.3) is 6.08 Å². The molecule has 3 nitrogen and oxygen atoms in total. The topological polar surface area (TPSA) is 36.1 Å². The van der Waals surface area contributed by atoms with Gasteiger partial charge in [0.1, 0.15) is 0 Å². The molecule has 0 atom stereocenters. The molecule has 1 N–H and O–H groups in total. The van der Waals surface area contributed by atoms with Crippen LogP contribution in [-0.4, -0.2) is 24.9 Å². The number of carbonyl (C=O) groups is 1. The first kappa shape index (κ1) is 14.7. The van der Waals surface area contributed by atoms with E-state index < -0.39 is 0 Å². The average Bonchev–Trinajstić information content (AvgIpc) is 2.75. The minimum absolute atomic E-state index is 0.0171. The molecule has 0 aliphatic carbocycles. The van der Waals surface area contributed by atoms with Crippen molar-refractivity contribution in [2.45, 2.75) is 6.92 Å². The van der Waals surface area contributed by atoms with E-state index in [0.717, 1.165) is 16.9 Å². The number of hydrogen-bond acceptors (Lipinski definition) is 4. The lowest BCUT2D eigenvalue weighted by Crippen LogP contribution is -2.07. The smallest absolute Gasteiger partial charge is 0.197 e. The number of benzene rings is 1. The van der Waals surface area contributed by atoms with E-state index in [1.165, 1.54) is 11.3 Å². The van der Waals surface area contributed by atoms with Crippen molar-refractivity contribution in [3.63, 3.8) is 0 Å². The van der Waals surface area contributed by atoms with Gasteiger partial charge in [-0.2, -0.15) is 0 Å². The average molecular weight is 304 g/mol. The van der Waals surface area contributed by atoms with E-state index in [9.17, 15) is 4.79 Å². The summed E-state index contributed by atoms with van der Waals surface area (Å²) in [5.74, 6) is -0.0171. The molecule has 0 fully saturated rings. The Bertz CT molecular complexity index is 693. The van der Waals surface area contributed by atoms with Crippen LogP contribution in [0.2, 0.25) is 0 Å². The maximum atomic E-state index is 12.1. The first-order valence-electron chi connectivity index (χ1n) is 6.17. The van der Waals surface area contributed by atoms with Crippen molar-refractivity contribution in [2.24, 2.45) is 0 Å². The van der Waals surface area contributed by atoms with Gasteiger partial charge in [0.05, 0.1) is 4.88 Å². The molecule has 1 aromatic heterocycles. The van der Waals surface area contributed by atoms with Gasteiger partial charge < -0.3 is 9.88 Å². The molecule has 0 amide bonds. The number of nitrogens with one attached hydrogen (secondary N) is 1. The standard InChI is InChI=1S/C15H16N2OS2/c1-10-14(20-15(19)16-10)13(18)9-6-11-4-7-12(8-5-11)17(2)3/h4-9H,1-3H3,(H,16,19)/b9-6+. The quantitative estimate of drug-likeness (QED) is 0.525. The predicted molar refractivity (Wildman–Crippen MR) is 88.4 cm³/mol. The zero-order valence-electron chi connectivity index (χ0n) is 11.6. The molecule has 0 aliphatic heterocycles. The third-order valence-corrected chi connectivity index (χ3v) is 4.24. The normalized spacial score (nSPS) is 10.9. The van der Waals surface area contributed by atoms with Gasteiger partial charge in [-0.3, -0.25) is 4.79 Å². The van der Waals surface area contributed by atoms with Gasteiger partial charge in [0.15, 0.2) is 9.74 Å². The van der Waals surface area contributed by atoms with Crippen LogP contribution >= 0.6 is 23.6 Å². The van der Waals surface area contributed by atoms with E-state index in [1.807, 2.05) is 56.3 Å². The molecule has 0 aliphatic rings. The molecule has 2 aromatic rings. The summed E-state index contributed by atoms with van der Waals surface area (Å²) in [6, 6.07) is 8.03. The van der Waals surface area contributed by atoms with Crippen molar-refractivity contribution >= 4 is 41.1 Å². The monoisotopic (exact) mass is 304 g/mol. The summed E-state index contributed by atoms with van der Waals surface area (Å²) in [5, 5.41) is 0. The summed E-state index contributed by atoms with van der Waals surface area (Å²) < 4.78 is 0.634. The maximum Gasteiger partial charge on any atom is 0.197 e. The summed E-state index contributed by atoms with van der Waals surface area (Å²) in [5.41, 5.74) is 2.96. The summed E-state index contributed by atoms with van der Waals surface area (Å²) in [6.07, 6.45) is 3.41. The van der Waals surface area contributed by atoms with Crippen molar-refractivity contribution < 1.29 is 4.79 Å². The zero-order valence-corrected chi connectivity index (χ0v) is 13.3. The number of ketones is 1. The number of allylic oxidation sites excluding steroid dienone is 1.